The summed E-state index contributed by atoms with van der Waals surface area (Å²) in [5.74, 6) is -1.25. The summed E-state index contributed by atoms with van der Waals surface area (Å²) < 4.78 is 11.4. The molecule has 0 bridgehead atoms. The fraction of sp³-hybridized carbons (Fsp3) is 0.320. The number of hydrogen-bond donors (Lipinski definition) is 1. The van der Waals surface area contributed by atoms with Crippen LogP contribution in [0.4, 0.5) is 0 Å². The Labute approximate surface area is 196 Å². The van der Waals surface area contributed by atoms with E-state index in [2.05, 4.69) is 0 Å². The van der Waals surface area contributed by atoms with Gasteiger partial charge in [-0.05, 0) is 11.1 Å². The number of benzene rings is 2. The fourth-order valence-corrected chi connectivity index (χ4v) is 5.03. The van der Waals surface area contributed by atoms with Crippen LogP contribution in [0.15, 0.2) is 71.9 Å². The quantitative estimate of drug-likeness (QED) is 0.495. The normalized spacial score (nSPS) is 19.9. The number of hydrogen-bond acceptors (Lipinski definition) is 7. The molecule has 2 aliphatic rings. The maximum atomic E-state index is 13.5. The Balaban J connectivity index is 1.66. The zero-order valence-corrected chi connectivity index (χ0v) is 19.3. The van der Waals surface area contributed by atoms with E-state index in [1.807, 2.05) is 60.7 Å². The van der Waals surface area contributed by atoms with Crippen LogP contribution < -0.4 is 5.73 Å². The summed E-state index contributed by atoms with van der Waals surface area (Å²) in [6, 6.07) is 18.1. The smallest absolute Gasteiger partial charge is 0.356 e. The van der Waals surface area contributed by atoms with E-state index in [4.69, 9.17) is 15.2 Å². The van der Waals surface area contributed by atoms with Gasteiger partial charge in [-0.25, -0.2) is 4.79 Å². The molecule has 2 heterocycles. The highest BCUT2D eigenvalue weighted by Gasteiger charge is 2.52. The van der Waals surface area contributed by atoms with Crippen molar-refractivity contribution < 1.29 is 23.9 Å². The second kappa shape index (κ2) is 9.80. The van der Waals surface area contributed by atoms with Gasteiger partial charge in [0, 0.05) is 11.3 Å². The molecule has 2 aliphatic heterocycles. The number of esters is 2. The molecule has 2 aromatic carbocycles. The number of fused-ring (bicyclic) bond motifs is 1. The first-order chi connectivity index (χ1) is 15.9. The first-order valence-corrected chi connectivity index (χ1v) is 11.8. The van der Waals surface area contributed by atoms with Crippen LogP contribution in [0, 0.1) is 5.92 Å². The number of thioether (sulfide) groups is 1. The molecule has 2 atom stereocenters. The lowest BCUT2D eigenvalue weighted by atomic mass is 10.0. The van der Waals surface area contributed by atoms with Crippen LogP contribution in [0.1, 0.15) is 31.1 Å². The van der Waals surface area contributed by atoms with E-state index in [0.717, 1.165) is 11.1 Å². The monoisotopic (exact) mass is 466 g/mol. The predicted molar refractivity (Wildman–Crippen MR) is 125 cm³/mol. The summed E-state index contributed by atoms with van der Waals surface area (Å²) in [5.41, 5.74) is 8.23. The van der Waals surface area contributed by atoms with Crippen LogP contribution in [-0.2, 0) is 23.9 Å². The van der Waals surface area contributed by atoms with Gasteiger partial charge in [-0.15, -0.1) is 11.8 Å². The molecule has 7 nitrogen and oxygen atoms in total. The molecule has 172 valence electrons. The third-order valence-electron chi connectivity index (χ3n) is 5.57. The molecule has 8 heteroatoms. The molecule has 0 aliphatic carbocycles. The summed E-state index contributed by atoms with van der Waals surface area (Å²) in [4.78, 5) is 39.5. The number of ether oxygens (including phenoxy) is 2. The highest BCUT2D eigenvalue weighted by Crippen LogP contribution is 2.40. The van der Waals surface area contributed by atoms with Crippen molar-refractivity contribution in [2.75, 3.05) is 12.4 Å². The predicted octanol–water partition coefficient (Wildman–Crippen LogP) is 3.01. The highest BCUT2D eigenvalue weighted by atomic mass is 32.2. The molecular weight excluding hydrogens is 440 g/mol. The third kappa shape index (κ3) is 4.67. The van der Waals surface area contributed by atoms with Gasteiger partial charge in [0.1, 0.15) is 23.7 Å². The molecule has 0 radical (unpaired) electrons. The number of nitrogens with two attached hydrogens (primary N) is 1. The number of carbonyl (C=O) groups is 3. The lowest BCUT2D eigenvalue weighted by Gasteiger charge is -2.48. The van der Waals surface area contributed by atoms with Crippen molar-refractivity contribution in [1.29, 1.82) is 0 Å². The van der Waals surface area contributed by atoms with Crippen LogP contribution in [-0.4, -0.2) is 46.5 Å². The number of nitrogens with zero attached hydrogens (tertiary/aromatic N) is 1. The van der Waals surface area contributed by atoms with Gasteiger partial charge in [-0.2, -0.15) is 0 Å². The van der Waals surface area contributed by atoms with Crippen LogP contribution >= 0.6 is 11.8 Å². The first-order valence-electron chi connectivity index (χ1n) is 10.8. The SMILES string of the molecule is CC(C)C(=O)OCC1=C(C(=O)OC(c2ccccc2)c2ccccc2)N2C(=O)[C@@H](N)[C@@H]2SC1. The minimum Gasteiger partial charge on any atom is -0.461 e. The van der Waals surface area contributed by atoms with Crippen molar-refractivity contribution in [2.45, 2.75) is 31.4 Å². The van der Waals surface area contributed by atoms with E-state index in [1.165, 1.54) is 16.7 Å². The van der Waals surface area contributed by atoms with E-state index < -0.39 is 18.1 Å². The standard InChI is InChI=1S/C25H26N2O5S/c1-15(2)24(29)31-13-18-14-33-23-19(26)22(28)27(23)20(18)25(30)32-21(16-9-5-3-6-10-16)17-11-7-4-8-12-17/h3-12,15,19,21,23H,13-14,26H2,1-2H3/t19-,23+/m1/s1. The molecular formula is C25H26N2O5S. The molecule has 2 aromatic rings. The van der Waals surface area contributed by atoms with Crippen molar-refractivity contribution in [3.63, 3.8) is 0 Å². The van der Waals surface area contributed by atoms with E-state index in [0.29, 0.717) is 11.3 Å². The molecule has 33 heavy (non-hydrogen) atoms. The molecule has 4 rings (SSSR count). The summed E-state index contributed by atoms with van der Waals surface area (Å²) in [5, 5.41) is -0.337. The van der Waals surface area contributed by atoms with Crippen LogP contribution in [0.25, 0.3) is 0 Å². The van der Waals surface area contributed by atoms with Gasteiger partial charge in [0.05, 0.1) is 5.92 Å². The lowest BCUT2D eigenvalue weighted by Crippen LogP contribution is -2.68. The van der Waals surface area contributed by atoms with Gasteiger partial charge in [-0.1, -0.05) is 74.5 Å². The van der Waals surface area contributed by atoms with Crippen molar-refractivity contribution in [2.24, 2.45) is 11.7 Å². The van der Waals surface area contributed by atoms with Gasteiger partial charge >= 0.3 is 11.9 Å². The summed E-state index contributed by atoms with van der Waals surface area (Å²) >= 11 is 1.45. The number of carbonyl (C=O) groups excluding carboxylic acids is 3. The maximum Gasteiger partial charge on any atom is 0.356 e. The van der Waals surface area contributed by atoms with Gasteiger partial charge in [0.25, 0.3) is 0 Å². The molecule has 0 spiro atoms. The minimum atomic E-state index is -0.670. The fourth-order valence-electron chi connectivity index (χ4n) is 3.75. The summed E-state index contributed by atoms with van der Waals surface area (Å²) in [6.45, 7) is 3.39. The average Bonchev–Trinajstić information content (AvgIpc) is 2.85. The van der Waals surface area contributed by atoms with Crippen LogP contribution in [0.2, 0.25) is 0 Å². The topological polar surface area (TPSA) is 98.9 Å². The molecule has 2 N–H and O–H groups in total. The van der Waals surface area contributed by atoms with E-state index in [1.54, 1.807) is 13.8 Å². The summed E-state index contributed by atoms with van der Waals surface area (Å²) in [6.07, 6.45) is -0.662. The average molecular weight is 467 g/mol. The second-order valence-corrected chi connectivity index (χ2v) is 9.36. The maximum absolute atomic E-state index is 13.5. The van der Waals surface area contributed by atoms with Crippen LogP contribution in [0.5, 0.6) is 0 Å². The van der Waals surface area contributed by atoms with E-state index in [-0.39, 0.29) is 35.5 Å². The Hall–Kier alpha value is -3.10. The Kier molecular flexibility index (Phi) is 6.85. The second-order valence-electron chi connectivity index (χ2n) is 8.26. The van der Waals surface area contributed by atoms with E-state index in [9.17, 15) is 14.4 Å². The zero-order chi connectivity index (χ0) is 23.5. The molecule has 0 saturated carbocycles. The molecule has 0 aromatic heterocycles. The zero-order valence-electron chi connectivity index (χ0n) is 18.5. The van der Waals surface area contributed by atoms with Crippen LogP contribution in [0.3, 0.4) is 0 Å². The highest BCUT2D eigenvalue weighted by molar-refractivity contribution is 8.00. The van der Waals surface area contributed by atoms with Crippen molar-refractivity contribution >= 4 is 29.6 Å². The lowest BCUT2D eigenvalue weighted by molar-refractivity contribution is -0.153. The van der Waals surface area contributed by atoms with Gasteiger partial charge in [-0.3, -0.25) is 14.5 Å². The Morgan fingerprint density at radius 2 is 1.64 bits per heavy atom. The largest absolute Gasteiger partial charge is 0.461 e. The Morgan fingerprint density at radius 3 is 2.18 bits per heavy atom. The number of rotatable bonds is 7. The van der Waals surface area contributed by atoms with Crippen molar-refractivity contribution in [3.05, 3.63) is 83.1 Å². The van der Waals surface area contributed by atoms with Crippen molar-refractivity contribution in [1.82, 2.24) is 4.90 Å². The first kappa shape index (κ1) is 23.1. The van der Waals surface area contributed by atoms with Gasteiger partial charge in [0.15, 0.2) is 6.10 Å². The minimum absolute atomic E-state index is 0.0818. The van der Waals surface area contributed by atoms with Gasteiger partial charge in [0.2, 0.25) is 5.91 Å². The summed E-state index contributed by atoms with van der Waals surface area (Å²) in [7, 11) is 0. The number of amides is 1. The molecule has 0 unspecified atom stereocenters. The Morgan fingerprint density at radius 1 is 1.06 bits per heavy atom. The third-order valence-corrected chi connectivity index (χ3v) is 6.93. The number of β-lactam (4-membered cyclic amide) rings is 1. The molecule has 1 fully saturated rings. The van der Waals surface area contributed by atoms with E-state index >= 15 is 0 Å². The van der Waals surface area contributed by atoms with Crippen molar-refractivity contribution in [3.8, 4) is 0 Å². The Bertz CT molecular complexity index is 1030. The molecule has 1 amide bonds. The molecule has 1 saturated heterocycles. The van der Waals surface area contributed by atoms with Gasteiger partial charge < -0.3 is 15.2 Å².